The molecule has 68 valence electrons. The van der Waals surface area contributed by atoms with Crippen LogP contribution in [-0.4, -0.2) is 9.97 Å². The number of aromatic nitrogens is 2. The minimum Gasteiger partial charge on any atom is -0.245 e. The van der Waals surface area contributed by atoms with E-state index in [1.165, 1.54) is 32.0 Å². The van der Waals surface area contributed by atoms with Crippen LogP contribution in [0.5, 0.6) is 0 Å². The molecule has 0 saturated carbocycles. The van der Waals surface area contributed by atoms with E-state index in [0.717, 1.165) is 0 Å². The minimum absolute atomic E-state index is 1.36. The van der Waals surface area contributed by atoms with E-state index in [-0.39, 0.29) is 0 Å². The first-order valence-corrected chi connectivity index (χ1v) is 4.61. The van der Waals surface area contributed by atoms with Crippen molar-refractivity contribution in [1.29, 1.82) is 0 Å². The maximum Gasteiger partial charge on any atom is 0.115 e. The molecule has 0 radical (unpaired) electrons. The van der Waals surface area contributed by atoms with Crippen molar-refractivity contribution in [3.05, 3.63) is 24.8 Å². The molecule has 12 heavy (non-hydrogen) atoms. The number of rotatable bonds is 3. The zero-order valence-corrected chi connectivity index (χ0v) is 8.03. The molecule has 0 fully saturated rings. The maximum atomic E-state index is 3.67. The molecule has 2 nitrogen and oxygen atoms in total. The van der Waals surface area contributed by atoms with E-state index in [1.807, 2.05) is 0 Å². The van der Waals surface area contributed by atoms with Gasteiger partial charge in [-0.2, -0.15) is 0 Å². The number of nitrogens with zero attached hydrogens (tertiary/aromatic N) is 2. The highest BCUT2D eigenvalue weighted by molar-refractivity contribution is 4.74. The van der Waals surface area contributed by atoms with Crippen LogP contribution < -0.4 is 0 Å². The molecule has 0 aromatic carbocycles. The Bertz CT molecular complexity index is 120. The van der Waals surface area contributed by atoms with Gasteiger partial charge in [0, 0.05) is 12.4 Å². The van der Waals surface area contributed by atoms with E-state index in [2.05, 4.69) is 23.8 Å². The summed E-state index contributed by atoms with van der Waals surface area (Å²) in [6.45, 7) is 4.46. The van der Waals surface area contributed by atoms with Gasteiger partial charge >= 0.3 is 0 Å². The second-order valence-electron chi connectivity index (χ2n) is 2.61. The van der Waals surface area contributed by atoms with Crippen molar-refractivity contribution >= 4 is 0 Å². The van der Waals surface area contributed by atoms with Crippen LogP contribution in [0.1, 0.15) is 39.5 Å². The van der Waals surface area contributed by atoms with Crippen molar-refractivity contribution in [3.63, 3.8) is 0 Å². The molecular weight excluding hydrogens is 148 g/mol. The Hall–Kier alpha value is -0.920. The Kier molecular flexibility index (Phi) is 9.31. The Morgan fingerprint density at radius 2 is 1.42 bits per heavy atom. The van der Waals surface area contributed by atoms with Crippen molar-refractivity contribution in [2.75, 3.05) is 0 Å². The third kappa shape index (κ3) is 9.08. The van der Waals surface area contributed by atoms with Crippen molar-refractivity contribution in [2.45, 2.75) is 39.5 Å². The monoisotopic (exact) mass is 166 g/mol. The third-order valence-corrected chi connectivity index (χ3v) is 1.43. The van der Waals surface area contributed by atoms with E-state index in [0.29, 0.717) is 0 Å². The standard InChI is InChI=1S/C6H14.C4H4N2/c1-3-5-6-4-2;1-2-5-4-6-3-1/h3-6H2,1-2H3;1-4H. The van der Waals surface area contributed by atoms with Crippen molar-refractivity contribution in [3.8, 4) is 0 Å². The van der Waals surface area contributed by atoms with Gasteiger partial charge in [-0.3, -0.25) is 0 Å². The van der Waals surface area contributed by atoms with Crippen LogP contribution in [0, 0.1) is 0 Å². The lowest BCUT2D eigenvalue weighted by molar-refractivity contribution is 0.702. The smallest absolute Gasteiger partial charge is 0.115 e. The molecule has 0 unspecified atom stereocenters. The molecule has 1 heterocycles. The first kappa shape index (κ1) is 11.1. The van der Waals surface area contributed by atoms with Crippen LogP contribution in [0.25, 0.3) is 0 Å². The Labute approximate surface area is 75.1 Å². The van der Waals surface area contributed by atoms with Gasteiger partial charge < -0.3 is 0 Å². The summed E-state index contributed by atoms with van der Waals surface area (Å²) in [6, 6.07) is 1.78. The number of hydrogen-bond acceptors (Lipinski definition) is 2. The topological polar surface area (TPSA) is 25.8 Å². The molecule has 0 saturated heterocycles. The lowest BCUT2D eigenvalue weighted by Crippen LogP contribution is -1.66. The largest absolute Gasteiger partial charge is 0.245 e. The van der Waals surface area contributed by atoms with Crippen LogP contribution in [0.15, 0.2) is 24.8 Å². The van der Waals surface area contributed by atoms with Crippen LogP contribution in [0.2, 0.25) is 0 Å². The quantitative estimate of drug-likeness (QED) is 0.645. The first-order valence-electron chi connectivity index (χ1n) is 4.61. The van der Waals surface area contributed by atoms with Crippen molar-refractivity contribution in [1.82, 2.24) is 9.97 Å². The minimum atomic E-state index is 1.36. The SMILES string of the molecule is CCCCCC.c1cncnc1. The molecule has 1 rings (SSSR count). The predicted molar refractivity (Wildman–Crippen MR) is 51.8 cm³/mol. The second-order valence-corrected chi connectivity index (χ2v) is 2.61. The third-order valence-electron chi connectivity index (χ3n) is 1.43. The summed E-state index contributed by atoms with van der Waals surface area (Å²) < 4.78 is 0. The Morgan fingerprint density at radius 1 is 0.917 bits per heavy atom. The summed E-state index contributed by atoms with van der Waals surface area (Å²) in [4.78, 5) is 7.35. The van der Waals surface area contributed by atoms with Gasteiger partial charge in [-0.25, -0.2) is 9.97 Å². The summed E-state index contributed by atoms with van der Waals surface area (Å²) in [5.41, 5.74) is 0. The van der Waals surface area contributed by atoms with Crippen molar-refractivity contribution < 1.29 is 0 Å². The zero-order valence-electron chi connectivity index (χ0n) is 8.03. The molecule has 1 aromatic rings. The van der Waals surface area contributed by atoms with E-state index >= 15 is 0 Å². The average molecular weight is 166 g/mol. The summed E-state index contributed by atoms with van der Waals surface area (Å²) in [5, 5.41) is 0. The van der Waals surface area contributed by atoms with Gasteiger partial charge in [0.1, 0.15) is 6.33 Å². The maximum absolute atomic E-state index is 3.67. The summed E-state index contributed by atoms with van der Waals surface area (Å²) in [6.07, 6.45) is 10.4. The van der Waals surface area contributed by atoms with Crippen molar-refractivity contribution in [2.24, 2.45) is 0 Å². The second kappa shape index (κ2) is 10.1. The number of unbranched alkanes of at least 4 members (excludes halogenated alkanes) is 3. The van der Waals surface area contributed by atoms with Gasteiger partial charge in [0.05, 0.1) is 0 Å². The molecule has 0 amide bonds. The van der Waals surface area contributed by atoms with E-state index < -0.39 is 0 Å². The fourth-order valence-corrected chi connectivity index (χ4v) is 0.753. The van der Waals surface area contributed by atoms with E-state index in [9.17, 15) is 0 Å². The van der Waals surface area contributed by atoms with Gasteiger partial charge in [0.25, 0.3) is 0 Å². The van der Waals surface area contributed by atoms with Crippen LogP contribution in [0.4, 0.5) is 0 Å². The summed E-state index contributed by atoms with van der Waals surface area (Å²) in [7, 11) is 0. The first-order chi connectivity index (χ1) is 5.91. The fraction of sp³-hybridized carbons (Fsp3) is 0.600. The van der Waals surface area contributed by atoms with Gasteiger partial charge in [-0.15, -0.1) is 0 Å². The van der Waals surface area contributed by atoms with Crippen LogP contribution in [0.3, 0.4) is 0 Å². The summed E-state index contributed by atoms with van der Waals surface area (Å²) >= 11 is 0. The van der Waals surface area contributed by atoms with E-state index in [4.69, 9.17) is 0 Å². The molecule has 0 bridgehead atoms. The normalized spacial score (nSPS) is 8.50. The molecule has 0 spiro atoms. The van der Waals surface area contributed by atoms with Crippen LogP contribution in [-0.2, 0) is 0 Å². The zero-order chi connectivity index (χ0) is 9.07. The molecular formula is C10H18N2. The molecule has 2 heteroatoms. The number of hydrogen-bond donors (Lipinski definition) is 0. The highest BCUT2D eigenvalue weighted by atomic mass is 14.8. The van der Waals surface area contributed by atoms with Gasteiger partial charge in [-0.05, 0) is 6.07 Å². The highest BCUT2D eigenvalue weighted by Gasteiger charge is 1.75. The molecule has 0 aliphatic rings. The van der Waals surface area contributed by atoms with E-state index in [1.54, 1.807) is 18.5 Å². The van der Waals surface area contributed by atoms with Gasteiger partial charge in [-0.1, -0.05) is 39.5 Å². The summed E-state index contributed by atoms with van der Waals surface area (Å²) in [5.74, 6) is 0. The molecule has 0 aliphatic carbocycles. The lowest BCUT2D eigenvalue weighted by Gasteiger charge is -1.86. The average Bonchev–Trinajstić information content (AvgIpc) is 2.18. The highest BCUT2D eigenvalue weighted by Crippen LogP contribution is 1.95. The molecule has 0 aliphatic heterocycles. The van der Waals surface area contributed by atoms with Gasteiger partial charge in [0.15, 0.2) is 0 Å². The molecule has 1 aromatic heterocycles. The molecule has 0 atom stereocenters. The van der Waals surface area contributed by atoms with Crippen LogP contribution >= 0.6 is 0 Å². The predicted octanol–water partition coefficient (Wildman–Crippen LogP) is 3.06. The lowest BCUT2D eigenvalue weighted by atomic mass is 10.2. The fourth-order valence-electron chi connectivity index (χ4n) is 0.753. The Balaban J connectivity index is 0.000000202. The Morgan fingerprint density at radius 3 is 1.58 bits per heavy atom. The molecule has 0 N–H and O–H groups in total. The van der Waals surface area contributed by atoms with Gasteiger partial charge in [0.2, 0.25) is 0 Å².